The van der Waals surface area contributed by atoms with Gasteiger partial charge < -0.3 is 4.74 Å². The minimum Gasteiger partial charge on any atom is -0.461 e. The van der Waals surface area contributed by atoms with Crippen LogP contribution in [0.4, 0.5) is 0 Å². The van der Waals surface area contributed by atoms with Crippen LogP contribution in [0.15, 0.2) is 0 Å². The lowest BCUT2D eigenvalue weighted by Gasteiger charge is -2.40. The van der Waals surface area contributed by atoms with E-state index in [1.165, 1.54) is 38.5 Å². The highest BCUT2D eigenvalue weighted by atomic mass is 35.5. The molecule has 2 aliphatic carbocycles. The quantitative estimate of drug-likeness (QED) is 0.538. The van der Waals surface area contributed by atoms with Gasteiger partial charge in [-0.05, 0) is 37.5 Å². The van der Waals surface area contributed by atoms with E-state index in [4.69, 9.17) is 16.3 Å². The summed E-state index contributed by atoms with van der Waals surface area (Å²) in [5, 5.41) is 0. The number of alkyl halides is 1. The Morgan fingerprint density at radius 2 is 1.87 bits per heavy atom. The second kappa shape index (κ2) is 5.20. The molecule has 0 bridgehead atoms. The third-order valence-corrected chi connectivity index (χ3v) is 4.12. The lowest BCUT2D eigenvalue weighted by atomic mass is 9.69. The summed E-state index contributed by atoms with van der Waals surface area (Å²) < 4.78 is 5.44. The molecule has 0 aromatic carbocycles. The van der Waals surface area contributed by atoms with E-state index in [2.05, 4.69) is 0 Å². The van der Waals surface area contributed by atoms with Crippen molar-refractivity contribution in [2.45, 2.75) is 51.0 Å². The molecule has 0 N–H and O–H groups in total. The first kappa shape index (κ1) is 11.3. The number of hydrogen-bond acceptors (Lipinski definition) is 2. The summed E-state index contributed by atoms with van der Waals surface area (Å²) in [6.45, 7) is 0. The predicted octanol–water partition coefficient (Wildman–Crippen LogP) is 3.13. The second-order valence-corrected chi connectivity index (χ2v) is 5.07. The largest absolute Gasteiger partial charge is 0.461 e. The Labute approximate surface area is 96.3 Å². The lowest BCUT2D eigenvalue weighted by Crippen LogP contribution is -2.37. The molecule has 2 saturated carbocycles. The molecule has 0 radical (unpaired) electrons. The fourth-order valence-corrected chi connectivity index (χ4v) is 3.29. The summed E-state index contributed by atoms with van der Waals surface area (Å²) in [6, 6.07) is 0. The Morgan fingerprint density at radius 1 is 1.13 bits per heavy atom. The molecule has 3 atom stereocenters. The molecule has 0 aliphatic heterocycles. The molecule has 2 fully saturated rings. The maximum atomic E-state index is 11.2. The number of halogens is 1. The zero-order valence-corrected chi connectivity index (χ0v) is 9.84. The Morgan fingerprint density at radius 3 is 2.67 bits per heavy atom. The SMILES string of the molecule is O=C(CCl)OC1CCCC2CCCCC21. The fourth-order valence-electron chi connectivity index (χ4n) is 3.23. The first-order valence-corrected chi connectivity index (χ1v) is 6.60. The molecule has 2 aliphatic rings. The Bertz CT molecular complexity index is 228. The number of ether oxygens (including phenoxy) is 1. The molecule has 2 rings (SSSR count). The highest BCUT2D eigenvalue weighted by Crippen LogP contribution is 2.41. The smallest absolute Gasteiger partial charge is 0.321 e. The summed E-state index contributed by atoms with van der Waals surface area (Å²) in [5.41, 5.74) is 0. The van der Waals surface area contributed by atoms with Crippen LogP contribution in [0.25, 0.3) is 0 Å². The first-order chi connectivity index (χ1) is 7.31. The average molecular weight is 231 g/mol. The van der Waals surface area contributed by atoms with Crippen molar-refractivity contribution in [2.24, 2.45) is 11.8 Å². The molecule has 0 amide bonds. The summed E-state index contributed by atoms with van der Waals surface area (Å²) in [4.78, 5) is 11.2. The summed E-state index contributed by atoms with van der Waals surface area (Å²) in [7, 11) is 0. The van der Waals surface area contributed by atoms with Gasteiger partial charge in [0.1, 0.15) is 12.0 Å². The Balaban J connectivity index is 1.94. The second-order valence-electron chi connectivity index (χ2n) is 4.80. The van der Waals surface area contributed by atoms with Crippen molar-refractivity contribution >= 4 is 17.6 Å². The van der Waals surface area contributed by atoms with Gasteiger partial charge in [0.25, 0.3) is 0 Å². The van der Waals surface area contributed by atoms with Gasteiger partial charge in [-0.2, -0.15) is 0 Å². The fraction of sp³-hybridized carbons (Fsp3) is 0.917. The van der Waals surface area contributed by atoms with Crippen LogP contribution in [-0.4, -0.2) is 18.0 Å². The van der Waals surface area contributed by atoms with Crippen LogP contribution >= 0.6 is 11.6 Å². The summed E-state index contributed by atoms with van der Waals surface area (Å²) >= 11 is 5.47. The van der Waals surface area contributed by atoms with Gasteiger partial charge >= 0.3 is 5.97 Å². The van der Waals surface area contributed by atoms with E-state index in [9.17, 15) is 4.79 Å². The van der Waals surface area contributed by atoms with Crippen molar-refractivity contribution in [3.05, 3.63) is 0 Å². The van der Waals surface area contributed by atoms with E-state index in [1.807, 2.05) is 0 Å². The molecular formula is C12H19ClO2. The maximum Gasteiger partial charge on any atom is 0.321 e. The number of rotatable bonds is 2. The summed E-state index contributed by atoms with van der Waals surface area (Å²) in [5.74, 6) is 1.18. The molecule has 0 heterocycles. The van der Waals surface area contributed by atoms with Crippen molar-refractivity contribution in [2.75, 3.05) is 5.88 Å². The van der Waals surface area contributed by atoms with Gasteiger partial charge in [-0.3, -0.25) is 4.79 Å². The van der Waals surface area contributed by atoms with E-state index in [0.717, 1.165) is 12.3 Å². The first-order valence-electron chi connectivity index (χ1n) is 6.06. The molecule has 0 aromatic rings. The van der Waals surface area contributed by atoms with Crippen molar-refractivity contribution in [3.8, 4) is 0 Å². The minimum absolute atomic E-state index is 0.00606. The molecular weight excluding hydrogens is 212 g/mol. The van der Waals surface area contributed by atoms with E-state index in [-0.39, 0.29) is 18.0 Å². The molecule has 86 valence electrons. The van der Waals surface area contributed by atoms with E-state index in [0.29, 0.717) is 5.92 Å². The van der Waals surface area contributed by atoms with Crippen molar-refractivity contribution in [1.29, 1.82) is 0 Å². The van der Waals surface area contributed by atoms with Crippen molar-refractivity contribution in [1.82, 2.24) is 0 Å². The van der Waals surface area contributed by atoms with Crippen molar-refractivity contribution < 1.29 is 9.53 Å². The monoisotopic (exact) mass is 230 g/mol. The highest BCUT2D eigenvalue weighted by Gasteiger charge is 2.36. The topological polar surface area (TPSA) is 26.3 Å². The van der Waals surface area contributed by atoms with E-state index >= 15 is 0 Å². The minimum atomic E-state index is -0.243. The molecule has 3 unspecified atom stereocenters. The summed E-state index contributed by atoms with van der Waals surface area (Å²) in [6.07, 6.45) is 8.98. The average Bonchev–Trinajstić information content (AvgIpc) is 2.29. The van der Waals surface area contributed by atoms with Gasteiger partial charge in [0.05, 0.1) is 0 Å². The van der Waals surface area contributed by atoms with Gasteiger partial charge in [0.15, 0.2) is 0 Å². The molecule has 15 heavy (non-hydrogen) atoms. The maximum absolute atomic E-state index is 11.2. The van der Waals surface area contributed by atoms with E-state index in [1.54, 1.807) is 0 Å². The molecule has 2 nitrogen and oxygen atoms in total. The van der Waals surface area contributed by atoms with Gasteiger partial charge in [-0.15, -0.1) is 11.6 Å². The predicted molar refractivity (Wildman–Crippen MR) is 59.9 cm³/mol. The third kappa shape index (κ3) is 2.66. The van der Waals surface area contributed by atoms with Crippen LogP contribution in [-0.2, 0) is 9.53 Å². The van der Waals surface area contributed by atoms with Crippen LogP contribution in [0.1, 0.15) is 44.9 Å². The molecule has 3 heteroatoms. The zero-order chi connectivity index (χ0) is 10.7. The Hall–Kier alpha value is -0.240. The lowest BCUT2D eigenvalue weighted by molar-refractivity contribution is -0.153. The molecule has 0 spiro atoms. The van der Waals surface area contributed by atoms with Gasteiger partial charge in [0, 0.05) is 0 Å². The van der Waals surface area contributed by atoms with Crippen LogP contribution in [0.5, 0.6) is 0 Å². The van der Waals surface area contributed by atoms with Crippen molar-refractivity contribution in [3.63, 3.8) is 0 Å². The molecule has 0 saturated heterocycles. The van der Waals surface area contributed by atoms with Crippen LogP contribution < -0.4 is 0 Å². The highest BCUT2D eigenvalue weighted by molar-refractivity contribution is 6.26. The number of esters is 1. The number of carbonyl (C=O) groups is 1. The number of carbonyl (C=O) groups excluding carboxylic acids is 1. The van der Waals surface area contributed by atoms with Gasteiger partial charge in [-0.1, -0.05) is 19.3 Å². The zero-order valence-electron chi connectivity index (χ0n) is 9.08. The third-order valence-electron chi connectivity index (χ3n) is 3.90. The van der Waals surface area contributed by atoms with Crippen LogP contribution in [0, 0.1) is 11.8 Å². The Kier molecular flexibility index (Phi) is 3.90. The van der Waals surface area contributed by atoms with E-state index < -0.39 is 0 Å². The number of hydrogen-bond donors (Lipinski definition) is 0. The van der Waals surface area contributed by atoms with Crippen LogP contribution in [0.2, 0.25) is 0 Å². The molecule has 0 aromatic heterocycles. The number of fused-ring (bicyclic) bond motifs is 1. The normalized spacial score (nSPS) is 35.7. The van der Waals surface area contributed by atoms with Gasteiger partial charge in [-0.25, -0.2) is 0 Å². The standard InChI is InChI=1S/C12H19ClO2/c13-8-12(14)15-11-7-3-5-9-4-1-2-6-10(9)11/h9-11H,1-8H2. The van der Waals surface area contributed by atoms with Gasteiger partial charge in [0.2, 0.25) is 0 Å². The van der Waals surface area contributed by atoms with Crippen LogP contribution in [0.3, 0.4) is 0 Å².